The summed E-state index contributed by atoms with van der Waals surface area (Å²) in [4.78, 5) is 15.3. The summed E-state index contributed by atoms with van der Waals surface area (Å²) in [6.07, 6.45) is 1.52. The maximum Gasteiger partial charge on any atom is 0.251 e. The van der Waals surface area contributed by atoms with Gasteiger partial charge in [-0.15, -0.1) is 5.10 Å². The number of hydrogen-bond donors (Lipinski definition) is 3. The number of hydrogen-bond acceptors (Lipinski definition) is 6. The average molecular weight is 299 g/mol. The van der Waals surface area contributed by atoms with Crippen LogP contribution in [-0.2, 0) is 4.79 Å². The van der Waals surface area contributed by atoms with Crippen molar-refractivity contribution in [1.82, 2.24) is 14.6 Å². The Labute approximate surface area is 125 Å². The zero-order chi connectivity index (χ0) is 15.5. The number of benzene rings is 1. The van der Waals surface area contributed by atoms with Crippen molar-refractivity contribution in [3.63, 3.8) is 0 Å². The molecule has 0 unspecified atom stereocenters. The van der Waals surface area contributed by atoms with Crippen LogP contribution in [0.25, 0.3) is 5.65 Å². The van der Waals surface area contributed by atoms with Gasteiger partial charge >= 0.3 is 0 Å². The molecule has 112 valence electrons. The highest BCUT2D eigenvalue weighted by Gasteiger charge is 2.07. The molecule has 0 spiro atoms. The van der Waals surface area contributed by atoms with Gasteiger partial charge in [0.15, 0.2) is 11.5 Å². The molecule has 0 radical (unpaired) electrons. The highest BCUT2D eigenvalue weighted by Crippen LogP contribution is 2.21. The van der Waals surface area contributed by atoms with E-state index in [-0.39, 0.29) is 0 Å². The summed E-state index contributed by atoms with van der Waals surface area (Å²) in [5.41, 5.74) is 6.82. The molecule has 4 N–H and O–H groups in total. The Balaban J connectivity index is 1.84. The summed E-state index contributed by atoms with van der Waals surface area (Å²) in [6.45, 7) is -0.606. The number of nitrogen functional groups attached to an aromatic ring is 1. The van der Waals surface area contributed by atoms with E-state index in [9.17, 15) is 4.79 Å². The van der Waals surface area contributed by atoms with E-state index < -0.39 is 12.5 Å². The molecule has 22 heavy (non-hydrogen) atoms. The van der Waals surface area contributed by atoms with E-state index in [1.807, 2.05) is 0 Å². The van der Waals surface area contributed by atoms with E-state index in [2.05, 4.69) is 15.4 Å². The van der Waals surface area contributed by atoms with Crippen molar-refractivity contribution in [2.75, 3.05) is 17.7 Å². The fraction of sp³-hybridized carbons (Fsp3) is 0.0714. The van der Waals surface area contributed by atoms with Crippen LogP contribution >= 0.6 is 0 Å². The van der Waals surface area contributed by atoms with Crippen LogP contribution in [0, 0.1) is 0 Å². The number of aromatic nitrogens is 3. The topological polar surface area (TPSA) is 115 Å². The first-order valence-electron chi connectivity index (χ1n) is 6.44. The number of anilines is 2. The van der Waals surface area contributed by atoms with Gasteiger partial charge in [0.25, 0.3) is 5.91 Å². The summed E-state index contributed by atoms with van der Waals surface area (Å²) in [5.74, 6) is 0.684. The Hall–Kier alpha value is -3.13. The largest absolute Gasteiger partial charge is 0.438 e. The molecule has 3 aromatic rings. The van der Waals surface area contributed by atoms with E-state index in [4.69, 9.17) is 15.6 Å². The van der Waals surface area contributed by atoms with Gasteiger partial charge in [-0.3, -0.25) is 4.79 Å². The van der Waals surface area contributed by atoms with Crippen LogP contribution < -0.4 is 15.8 Å². The first-order chi connectivity index (χ1) is 10.6. The van der Waals surface area contributed by atoms with Gasteiger partial charge < -0.3 is 20.9 Å². The summed E-state index contributed by atoms with van der Waals surface area (Å²) in [5, 5.41) is 15.4. The average Bonchev–Trinajstić information content (AvgIpc) is 2.88. The molecule has 3 rings (SSSR count). The lowest BCUT2D eigenvalue weighted by atomic mass is 10.3. The molecule has 2 heterocycles. The molecule has 1 amide bonds. The Kier molecular flexibility index (Phi) is 3.58. The Morgan fingerprint density at radius 2 is 2.23 bits per heavy atom. The van der Waals surface area contributed by atoms with Gasteiger partial charge in [-0.2, -0.15) is 0 Å². The number of ether oxygens (including phenoxy) is 1. The second-order valence-corrected chi connectivity index (χ2v) is 4.48. The number of nitrogens with one attached hydrogen (secondary N) is 1. The van der Waals surface area contributed by atoms with Gasteiger partial charge in [0, 0.05) is 17.8 Å². The molecule has 8 heteroatoms. The number of fused-ring (bicyclic) bond motifs is 1. The molecular weight excluding hydrogens is 286 g/mol. The molecule has 2 aromatic heterocycles. The fourth-order valence-electron chi connectivity index (χ4n) is 1.86. The normalized spacial score (nSPS) is 10.6. The highest BCUT2D eigenvalue weighted by molar-refractivity contribution is 5.90. The predicted octanol–water partition coefficient (Wildman–Crippen LogP) is 1.03. The van der Waals surface area contributed by atoms with Crippen LogP contribution in [0.1, 0.15) is 0 Å². The van der Waals surface area contributed by atoms with Crippen molar-refractivity contribution in [2.45, 2.75) is 0 Å². The lowest BCUT2D eigenvalue weighted by molar-refractivity contribution is -0.118. The summed E-state index contributed by atoms with van der Waals surface area (Å²) in [6, 6.07) is 10.3. The molecule has 0 aliphatic carbocycles. The van der Waals surface area contributed by atoms with Crippen molar-refractivity contribution in [3.05, 3.63) is 42.6 Å². The second-order valence-electron chi connectivity index (χ2n) is 4.48. The van der Waals surface area contributed by atoms with Crippen LogP contribution in [0.15, 0.2) is 42.6 Å². The number of imidazole rings is 1. The van der Waals surface area contributed by atoms with Crippen LogP contribution in [0.2, 0.25) is 0 Å². The van der Waals surface area contributed by atoms with E-state index >= 15 is 0 Å². The molecule has 0 saturated heterocycles. The van der Waals surface area contributed by atoms with Gasteiger partial charge in [-0.25, -0.2) is 9.50 Å². The van der Waals surface area contributed by atoms with Crippen molar-refractivity contribution in [2.24, 2.45) is 0 Å². The summed E-state index contributed by atoms with van der Waals surface area (Å²) >= 11 is 0. The predicted molar refractivity (Wildman–Crippen MR) is 79.6 cm³/mol. The number of carbonyl (C=O) groups excluding carboxylic acids is 1. The fourth-order valence-corrected chi connectivity index (χ4v) is 1.86. The molecule has 0 bridgehead atoms. The minimum Gasteiger partial charge on any atom is -0.438 e. The van der Waals surface area contributed by atoms with Gasteiger partial charge in [-0.1, -0.05) is 6.07 Å². The number of amides is 1. The van der Waals surface area contributed by atoms with Gasteiger partial charge in [0.05, 0.1) is 6.20 Å². The van der Waals surface area contributed by atoms with E-state index in [1.54, 1.807) is 36.4 Å². The lowest BCUT2D eigenvalue weighted by Gasteiger charge is -2.05. The second kappa shape index (κ2) is 5.70. The molecule has 0 saturated carbocycles. The highest BCUT2D eigenvalue weighted by atomic mass is 16.5. The monoisotopic (exact) mass is 299 g/mol. The lowest BCUT2D eigenvalue weighted by Crippen LogP contribution is -2.15. The number of rotatable bonds is 4. The first kappa shape index (κ1) is 13.8. The quantitative estimate of drug-likeness (QED) is 0.620. The number of carbonyl (C=O) groups is 1. The minimum atomic E-state index is -0.606. The molecule has 0 aliphatic heterocycles. The molecule has 1 aromatic carbocycles. The summed E-state index contributed by atoms with van der Waals surface area (Å²) in [7, 11) is 0. The van der Waals surface area contributed by atoms with Crippen LogP contribution in [-0.4, -0.2) is 32.2 Å². The standard InChI is InChI=1S/C14H13N5O3/c15-9-2-1-3-10(6-9)22-14-5-4-12-16-11(7-19(12)18-14)17-13(21)8-20/h1-7,20H,8,15H2,(H,17,21). The van der Waals surface area contributed by atoms with Crippen LogP contribution in [0.5, 0.6) is 11.6 Å². The van der Waals surface area contributed by atoms with Crippen LogP contribution in [0.4, 0.5) is 11.5 Å². The maximum atomic E-state index is 11.1. The molecule has 0 fully saturated rings. The zero-order valence-electron chi connectivity index (χ0n) is 11.4. The molecule has 0 aliphatic rings. The van der Waals surface area contributed by atoms with Crippen molar-refractivity contribution < 1.29 is 14.6 Å². The third-order valence-corrected chi connectivity index (χ3v) is 2.79. The van der Waals surface area contributed by atoms with Crippen LogP contribution in [0.3, 0.4) is 0 Å². The maximum absolute atomic E-state index is 11.1. The van der Waals surface area contributed by atoms with Crippen molar-refractivity contribution in [3.8, 4) is 11.6 Å². The number of nitrogens with two attached hydrogens (primary N) is 1. The number of aliphatic hydroxyl groups is 1. The van der Waals surface area contributed by atoms with Gasteiger partial charge in [-0.05, 0) is 18.2 Å². The molecule has 8 nitrogen and oxygen atoms in total. The van der Waals surface area contributed by atoms with E-state index in [0.717, 1.165) is 0 Å². The Morgan fingerprint density at radius 3 is 3.00 bits per heavy atom. The Bertz CT molecular complexity index is 830. The smallest absolute Gasteiger partial charge is 0.251 e. The Morgan fingerprint density at radius 1 is 1.36 bits per heavy atom. The first-order valence-corrected chi connectivity index (χ1v) is 6.44. The van der Waals surface area contributed by atoms with Crippen molar-refractivity contribution in [1.29, 1.82) is 0 Å². The van der Waals surface area contributed by atoms with E-state index in [0.29, 0.717) is 28.8 Å². The third kappa shape index (κ3) is 2.96. The number of nitrogens with zero attached hydrogens (tertiary/aromatic N) is 3. The molecule has 0 atom stereocenters. The van der Waals surface area contributed by atoms with Gasteiger partial charge in [0.2, 0.25) is 5.88 Å². The summed E-state index contributed by atoms with van der Waals surface area (Å²) < 4.78 is 7.08. The van der Waals surface area contributed by atoms with Crippen molar-refractivity contribution >= 4 is 23.1 Å². The zero-order valence-corrected chi connectivity index (χ0v) is 11.4. The third-order valence-electron chi connectivity index (χ3n) is 2.79. The van der Waals surface area contributed by atoms with E-state index in [1.165, 1.54) is 10.7 Å². The SMILES string of the molecule is Nc1cccc(Oc2ccc3nc(NC(=O)CO)cn3n2)c1. The molecular formula is C14H13N5O3. The van der Waals surface area contributed by atoms with Gasteiger partial charge in [0.1, 0.15) is 12.4 Å². The number of aliphatic hydroxyl groups excluding tert-OH is 1. The minimum absolute atomic E-state index is 0.299.